The van der Waals surface area contributed by atoms with E-state index in [2.05, 4.69) is 0 Å². The van der Waals surface area contributed by atoms with Crippen molar-refractivity contribution < 1.29 is 17.9 Å². The first-order valence-electron chi connectivity index (χ1n) is 10.0. The van der Waals surface area contributed by atoms with Crippen LogP contribution < -0.4 is 9.04 Å². The summed E-state index contributed by atoms with van der Waals surface area (Å²) in [6.45, 7) is 1.64. The van der Waals surface area contributed by atoms with Crippen molar-refractivity contribution in [2.24, 2.45) is 0 Å². The Balaban J connectivity index is 2.05. The van der Waals surface area contributed by atoms with Crippen molar-refractivity contribution in [1.29, 1.82) is 0 Å². The van der Waals surface area contributed by atoms with Crippen molar-refractivity contribution in [3.63, 3.8) is 0 Å². The molecule has 0 atom stereocenters. The second-order valence-electron chi connectivity index (χ2n) is 7.62. The number of sulfonamides is 1. The lowest BCUT2D eigenvalue weighted by atomic mass is 10.2. The van der Waals surface area contributed by atoms with Gasteiger partial charge in [0.2, 0.25) is 5.91 Å². The number of carbonyl (C=O) groups is 1. The highest BCUT2D eigenvalue weighted by atomic mass is 35.5. The van der Waals surface area contributed by atoms with E-state index in [9.17, 15) is 13.2 Å². The van der Waals surface area contributed by atoms with Gasteiger partial charge in [0.1, 0.15) is 18.9 Å². The Hall–Kier alpha value is -2.74. The molecule has 0 aliphatic heterocycles. The summed E-state index contributed by atoms with van der Waals surface area (Å²) in [5.74, 6) is -0.162. The average Bonchev–Trinajstić information content (AvgIpc) is 2.78. The lowest BCUT2D eigenvalue weighted by Crippen LogP contribution is -2.40. The Morgan fingerprint density at radius 2 is 1.58 bits per heavy atom. The van der Waals surface area contributed by atoms with E-state index < -0.39 is 22.5 Å². The fourth-order valence-electron chi connectivity index (χ4n) is 2.96. The summed E-state index contributed by atoms with van der Waals surface area (Å²) in [4.78, 5) is 13.9. The zero-order chi connectivity index (χ0) is 24.2. The van der Waals surface area contributed by atoms with Crippen molar-refractivity contribution in [2.45, 2.75) is 18.4 Å². The predicted octanol–water partition coefficient (Wildman–Crippen LogP) is 5.16. The fraction of sp³-hybridized carbons (Fsp3) is 0.208. The molecule has 6 nitrogen and oxygen atoms in total. The molecule has 0 aliphatic carbocycles. The zero-order valence-corrected chi connectivity index (χ0v) is 20.8. The maximum Gasteiger partial charge on any atom is 0.264 e. The number of hydrogen-bond donors (Lipinski definition) is 0. The van der Waals surface area contributed by atoms with Gasteiger partial charge in [-0.3, -0.25) is 9.10 Å². The largest absolute Gasteiger partial charge is 0.487 e. The molecule has 0 unspecified atom stereocenters. The molecule has 9 heteroatoms. The van der Waals surface area contributed by atoms with Gasteiger partial charge in [-0.25, -0.2) is 8.42 Å². The molecule has 0 aromatic heterocycles. The van der Waals surface area contributed by atoms with Crippen LogP contribution in [0.3, 0.4) is 0 Å². The summed E-state index contributed by atoms with van der Waals surface area (Å²) in [6.07, 6.45) is 0. The Morgan fingerprint density at radius 1 is 0.939 bits per heavy atom. The SMILES string of the molecule is Cc1ccc(S(=O)(=O)N(CC(=O)N(C)C)c2cc(OCc3ccccc3)c(Cl)cc2Cl)cc1. The molecule has 3 aromatic rings. The number of ether oxygens (including phenoxy) is 1. The second kappa shape index (κ2) is 10.5. The standard InChI is InChI=1S/C24H24Cl2N2O4S/c1-17-9-11-19(12-10-17)33(30,31)28(15-24(29)27(2)3)22-14-23(21(26)13-20(22)25)32-16-18-7-5-4-6-8-18/h4-14H,15-16H2,1-3H3. The van der Waals surface area contributed by atoms with Gasteiger partial charge in [-0.05, 0) is 30.7 Å². The number of benzene rings is 3. The average molecular weight is 507 g/mol. The first-order valence-corrected chi connectivity index (χ1v) is 12.2. The third kappa shape index (κ3) is 5.99. The van der Waals surface area contributed by atoms with Gasteiger partial charge in [-0.2, -0.15) is 0 Å². The smallest absolute Gasteiger partial charge is 0.264 e. The molecule has 0 bridgehead atoms. The lowest BCUT2D eigenvalue weighted by Gasteiger charge is -2.27. The van der Waals surface area contributed by atoms with Crippen LogP contribution in [0.25, 0.3) is 0 Å². The number of hydrogen-bond acceptors (Lipinski definition) is 4. The van der Waals surface area contributed by atoms with Crippen LogP contribution in [0.5, 0.6) is 5.75 Å². The van der Waals surface area contributed by atoms with E-state index in [0.29, 0.717) is 0 Å². The minimum Gasteiger partial charge on any atom is -0.487 e. The number of carbonyl (C=O) groups excluding carboxylic acids is 1. The summed E-state index contributed by atoms with van der Waals surface area (Å²) < 4.78 is 33.9. The molecule has 3 aromatic carbocycles. The summed E-state index contributed by atoms with van der Waals surface area (Å²) in [5.41, 5.74) is 1.92. The first-order chi connectivity index (χ1) is 15.6. The van der Waals surface area contributed by atoms with E-state index in [1.165, 1.54) is 29.2 Å². The van der Waals surface area contributed by atoms with Crippen molar-refractivity contribution in [2.75, 3.05) is 24.9 Å². The van der Waals surface area contributed by atoms with Crippen LogP contribution in [0, 0.1) is 6.92 Å². The van der Waals surface area contributed by atoms with Gasteiger partial charge in [-0.15, -0.1) is 0 Å². The molecule has 0 fully saturated rings. The molecule has 0 radical (unpaired) electrons. The number of likely N-dealkylation sites (N-methyl/N-ethyl adjacent to an activating group) is 1. The highest BCUT2D eigenvalue weighted by Crippen LogP contribution is 2.39. The topological polar surface area (TPSA) is 66.9 Å². The molecule has 0 heterocycles. The zero-order valence-electron chi connectivity index (χ0n) is 18.5. The van der Waals surface area contributed by atoms with Gasteiger partial charge >= 0.3 is 0 Å². The molecule has 0 spiro atoms. The number of aryl methyl sites for hydroxylation is 1. The Morgan fingerprint density at radius 3 is 2.18 bits per heavy atom. The molecule has 0 saturated heterocycles. The number of halogens is 2. The van der Waals surface area contributed by atoms with Crippen molar-refractivity contribution >= 4 is 44.8 Å². The van der Waals surface area contributed by atoms with Crippen LogP contribution in [0.2, 0.25) is 10.0 Å². The number of rotatable bonds is 8. The van der Waals surface area contributed by atoms with Gasteiger partial charge < -0.3 is 9.64 Å². The quantitative estimate of drug-likeness (QED) is 0.422. The Labute approximate surface area is 204 Å². The minimum absolute atomic E-state index is 0.0393. The molecule has 3 rings (SSSR count). The Kier molecular flexibility index (Phi) is 7.89. The number of amides is 1. The molecule has 1 amide bonds. The molecular formula is C24H24Cl2N2O4S. The van der Waals surface area contributed by atoms with Gasteiger partial charge in [0.15, 0.2) is 0 Å². The third-order valence-electron chi connectivity index (χ3n) is 4.89. The van der Waals surface area contributed by atoms with Crippen LogP contribution in [-0.4, -0.2) is 39.9 Å². The van der Waals surface area contributed by atoms with Crippen LogP contribution in [-0.2, 0) is 21.4 Å². The highest BCUT2D eigenvalue weighted by Gasteiger charge is 2.30. The summed E-state index contributed by atoms with van der Waals surface area (Å²) in [6, 6.07) is 18.7. The van der Waals surface area contributed by atoms with Crippen molar-refractivity contribution in [1.82, 2.24) is 4.90 Å². The van der Waals surface area contributed by atoms with E-state index in [4.69, 9.17) is 27.9 Å². The lowest BCUT2D eigenvalue weighted by molar-refractivity contribution is -0.127. The van der Waals surface area contributed by atoms with Gasteiger partial charge in [-0.1, -0.05) is 71.2 Å². The second-order valence-corrected chi connectivity index (χ2v) is 10.3. The highest BCUT2D eigenvalue weighted by molar-refractivity contribution is 7.92. The maximum absolute atomic E-state index is 13.6. The predicted molar refractivity (Wildman–Crippen MR) is 132 cm³/mol. The normalized spacial score (nSPS) is 11.2. The summed E-state index contributed by atoms with van der Waals surface area (Å²) in [5, 5.41) is 0.306. The molecular weight excluding hydrogens is 483 g/mol. The van der Waals surface area contributed by atoms with E-state index in [-0.39, 0.29) is 33.0 Å². The molecule has 0 saturated carbocycles. The number of nitrogens with zero attached hydrogens (tertiary/aromatic N) is 2. The van der Waals surface area contributed by atoms with Crippen LogP contribution in [0.4, 0.5) is 5.69 Å². The van der Waals surface area contributed by atoms with Crippen LogP contribution >= 0.6 is 23.2 Å². The summed E-state index contributed by atoms with van der Waals surface area (Å²) in [7, 11) is -1.01. The van der Waals surface area contributed by atoms with E-state index >= 15 is 0 Å². The fourth-order valence-corrected chi connectivity index (χ4v) is 4.97. The molecule has 0 N–H and O–H groups in total. The Bertz CT molecular complexity index is 1230. The van der Waals surface area contributed by atoms with E-state index in [1.807, 2.05) is 37.3 Å². The van der Waals surface area contributed by atoms with Crippen molar-refractivity contribution in [3.8, 4) is 5.75 Å². The van der Waals surface area contributed by atoms with Crippen molar-refractivity contribution in [3.05, 3.63) is 87.9 Å². The van der Waals surface area contributed by atoms with Crippen LogP contribution in [0.15, 0.2) is 71.6 Å². The summed E-state index contributed by atoms with van der Waals surface area (Å²) >= 11 is 12.7. The third-order valence-corrected chi connectivity index (χ3v) is 7.27. The van der Waals surface area contributed by atoms with E-state index in [0.717, 1.165) is 15.4 Å². The van der Waals surface area contributed by atoms with Gasteiger partial charge in [0.25, 0.3) is 10.0 Å². The van der Waals surface area contributed by atoms with Gasteiger partial charge in [0.05, 0.1) is 20.6 Å². The van der Waals surface area contributed by atoms with Gasteiger partial charge in [0, 0.05) is 20.2 Å². The molecule has 0 aliphatic rings. The van der Waals surface area contributed by atoms with E-state index in [1.54, 1.807) is 26.2 Å². The molecule has 174 valence electrons. The molecule has 33 heavy (non-hydrogen) atoms. The number of anilines is 1. The van der Waals surface area contributed by atoms with Crippen LogP contribution in [0.1, 0.15) is 11.1 Å². The first kappa shape index (κ1) is 24.9. The monoisotopic (exact) mass is 506 g/mol. The minimum atomic E-state index is -4.12. The maximum atomic E-state index is 13.6.